The van der Waals surface area contributed by atoms with Gasteiger partial charge in [0.1, 0.15) is 27.9 Å². The summed E-state index contributed by atoms with van der Waals surface area (Å²) in [7, 11) is 0. The minimum absolute atomic E-state index is 0.165. The SMILES string of the molecule is Cc1cc(F)cnc1C(=O)Nc1csc([C@]23CO[C@@H](C)C[C@H]2CSC(N)=N3)n1.O=CO. The van der Waals surface area contributed by atoms with Crippen LogP contribution in [0.5, 0.6) is 0 Å². The van der Waals surface area contributed by atoms with Gasteiger partial charge in [-0.25, -0.2) is 19.4 Å². The van der Waals surface area contributed by atoms with Crippen molar-refractivity contribution in [2.45, 2.75) is 31.9 Å². The molecule has 2 aliphatic rings. The van der Waals surface area contributed by atoms with Crippen LogP contribution in [0.1, 0.15) is 34.4 Å². The first-order chi connectivity index (χ1) is 14.8. The molecule has 1 saturated heterocycles. The third kappa shape index (κ3) is 5.02. The van der Waals surface area contributed by atoms with Gasteiger partial charge in [0.05, 0.1) is 18.9 Å². The molecule has 31 heavy (non-hydrogen) atoms. The van der Waals surface area contributed by atoms with Gasteiger partial charge in [-0.05, 0) is 31.9 Å². The lowest BCUT2D eigenvalue weighted by molar-refractivity contribution is -0.122. The van der Waals surface area contributed by atoms with Crippen LogP contribution in [0.2, 0.25) is 0 Å². The van der Waals surface area contributed by atoms with Crippen molar-refractivity contribution in [1.29, 1.82) is 0 Å². The summed E-state index contributed by atoms with van der Waals surface area (Å²) in [5.41, 5.74) is 6.03. The van der Waals surface area contributed by atoms with Crippen molar-refractivity contribution < 1.29 is 23.8 Å². The van der Waals surface area contributed by atoms with Crippen LogP contribution < -0.4 is 11.1 Å². The molecular weight excluding hydrogens is 445 g/mol. The average molecular weight is 468 g/mol. The minimum atomic E-state index is -0.612. The van der Waals surface area contributed by atoms with Gasteiger partial charge in [0.15, 0.2) is 5.17 Å². The smallest absolute Gasteiger partial charge is 0.290 e. The fourth-order valence-electron chi connectivity index (χ4n) is 3.56. The van der Waals surface area contributed by atoms with Crippen molar-refractivity contribution in [2.24, 2.45) is 16.6 Å². The number of hydrogen-bond acceptors (Lipinski definition) is 9. The van der Waals surface area contributed by atoms with Gasteiger partial charge in [-0.1, -0.05) is 11.8 Å². The number of rotatable bonds is 3. The van der Waals surface area contributed by atoms with Gasteiger partial charge in [-0.3, -0.25) is 9.59 Å². The van der Waals surface area contributed by atoms with Crippen LogP contribution in [-0.2, 0) is 15.1 Å². The number of fused-ring (bicyclic) bond motifs is 1. The molecule has 2 aliphatic heterocycles. The minimum Gasteiger partial charge on any atom is -0.483 e. The number of carbonyl (C=O) groups excluding carboxylic acids is 1. The molecule has 0 radical (unpaired) electrons. The van der Waals surface area contributed by atoms with Crippen LogP contribution in [0.25, 0.3) is 0 Å². The second-order valence-electron chi connectivity index (χ2n) is 7.16. The van der Waals surface area contributed by atoms with Crippen molar-refractivity contribution in [2.75, 3.05) is 17.7 Å². The molecule has 4 rings (SSSR count). The molecule has 0 saturated carbocycles. The Kier molecular flexibility index (Phi) is 7.23. The Morgan fingerprint density at radius 1 is 1.52 bits per heavy atom. The number of aryl methyl sites for hydroxylation is 1. The van der Waals surface area contributed by atoms with Crippen LogP contribution in [0.3, 0.4) is 0 Å². The normalized spacial score (nSPS) is 24.8. The summed E-state index contributed by atoms with van der Waals surface area (Å²) in [6.45, 7) is 3.86. The number of pyridine rings is 1. The zero-order valence-electron chi connectivity index (χ0n) is 16.9. The van der Waals surface area contributed by atoms with E-state index in [1.807, 2.05) is 0 Å². The molecule has 166 valence electrons. The highest BCUT2D eigenvalue weighted by Crippen LogP contribution is 2.47. The number of nitrogens with one attached hydrogen (secondary N) is 1. The van der Waals surface area contributed by atoms with E-state index in [1.165, 1.54) is 17.4 Å². The van der Waals surface area contributed by atoms with Crippen molar-refractivity contribution >= 4 is 46.5 Å². The Morgan fingerprint density at radius 3 is 2.97 bits per heavy atom. The van der Waals surface area contributed by atoms with Crippen LogP contribution in [0.15, 0.2) is 22.6 Å². The maximum absolute atomic E-state index is 13.2. The number of thiazole rings is 1. The number of halogens is 1. The Balaban J connectivity index is 0.000000858. The summed E-state index contributed by atoms with van der Waals surface area (Å²) >= 11 is 2.98. The summed E-state index contributed by atoms with van der Waals surface area (Å²) in [4.78, 5) is 34.1. The topological polar surface area (TPSA) is 140 Å². The molecule has 1 fully saturated rings. The van der Waals surface area contributed by atoms with Gasteiger partial charge < -0.3 is 20.9 Å². The van der Waals surface area contributed by atoms with E-state index in [2.05, 4.69) is 22.2 Å². The maximum Gasteiger partial charge on any atom is 0.290 e. The molecule has 0 aliphatic carbocycles. The summed E-state index contributed by atoms with van der Waals surface area (Å²) in [6, 6.07) is 1.27. The first kappa shape index (κ1) is 23.1. The zero-order chi connectivity index (χ0) is 22.6. The third-order valence-electron chi connectivity index (χ3n) is 5.00. The van der Waals surface area contributed by atoms with E-state index in [-0.39, 0.29) is 24.2 Å². The van der Waals surface area contributed by atoms with Gasteiger partial charge in [0.2, 0.25) is 0 Å². The van der Waals surface area contributed by atoms with E-state index in [9.17, 15) is 9.18 Å². The van der Waals surface area contributed by atoms with Crippen LogP contribution in [0.4, 0.5) is 10.2 Å². The highest BCUT2D eigenvalue weighted by atomic mass is 32.2. The lowest BCUT2D eigenvalue weighted by atomic mass is 9.80. The predicted molar refractivity (Wildman–Crippen MR) is 117 cm³/mol. The number of carboxylic acid groups (broad SMARTS) is 1. The summed E-state index contributed by atoms with van der Waals surface area (Å²) in [6.07, 6.45) is 2.07. The molecule has 4 heterocycles. The van der Waals surface area contributed by atoms with E-state index in [1.54, 1.807) is 24.1 Å². The quantitative estimate of drug-likeness (QED) is 0.585. The first-order valence-corrected chi connectivity index (χ1v) is 11.2. The zero-order valence-corrected chi connectivity index (χ0v) is 18.5. The Labute approximate surface area is 186 Å². The number of nitrogens with zero attached hydrogens (tertiary/aromatic N) is 3. The molecule has 12 heteroatoms. The number of amidine groups is 1. The van der Waals surface area contributed by atoms with E-state index in [0.717, 1.165) is 23.4 Å². The molecule has 2 aromatic rings. The molecular formula is C19H22FN5O4S2. The molecule has 3 atom stereocenters. The standard InChI is InChI=1S/C18H20FN5O2S2.CH2O2/c1-9-3-12(19)5-21-14(9)15(25)22-13-7-27-16(23-13)18-8-26-10(2)4-11(18)6-28-17(20)24-18;2-1-3/h3,5,7,10-11H,4,6,8H2,1-2H3,(H2,20,24)(H,22,25);1H,(H,2,3)/t10-,11-,18-;/m0./s1. The molecule has 0 aromatic carbocycles. The summed E-state index contributed by atoms with van der Waals surface area (Å²) < 4.78 is 19.1. The lowest BCUT2D eigenvalue weighted by Gasteiger charge is -2.44. The fraction of sp³-hybridized carbons (Fsp3) is 0.421. The fourth-order valence-corrected chi connectivity index (χ4v) is 5.54. The molecule has 1 amide bonds. The Hall–Kier alpha value is -2.57. The molecule has 2 aromatic heterocycles. The molecule has 0 bridgehead atoms. The number of nitrogens with two attached hydrogens (primary N) is 1. The van der Waals surface area contributed by atoms with Crippen LogP contribution in [0, 0.1) is 18.7 Å². The number of aliphatic imine (C=N–C) groups is 1. The van der Waals surface area contributed by atoms with Gasteiger partial charge in [0.25, 0.3) is 12.4 Å². The van der Waals surface area contributed by atoms with E-state index >= 15 is 0 Å². The summed E-state index contributed by atoms with van der Waals surface area (Å²) in [5, 5.41) is 12.7. The first-order valence-electron chi connectivity index (χ1n) is 9.36. The van der Waals surface area contributed by atoms with Gasteiger partial charge in [0, 0.05) is 17.1 Å². The molecule has 0 unspecified atom stereocenters. The third-order valence-corrected chi connectivity index (χ3v) is 6.96. The summed E-state index contributed by atoms with van der Waals surface area (Å²) in [5.74, 6) is 0.633. The number of carbonyl (C=O) groups is 2. The highest BCUT2D eigenvalue weighted by Gasteiger charge is 2.49. The van der Waals surface area contributed by atoms with E-state index in [0.29, 0.717) is 23.2 Å². The average Bonchev–Trinajstić information content (AvgIpc) is 3.18. The number of ether oxygens (including phenoxy) is 1. The van der Waals surface area contributed by atoms with Gasteiger partial charge in [-0.15, -0.1) is 11.3 Å². The number of thioether (sulfide) groups is 1. The second kappa shape index (κ2) is 9.71. The number of amides is 1. The van der Waals surface area contributed by atoms with Crippen molar-refractivity contribution in [1.82, 2.24) is 9.97 Å². The van der Waals surface area contributed by atoms with Crippen molar-refractivity contribution in [3.8, 4) is 0 Å². The molecule has 9 nitrogen and oxygen atoms in total. The largest absolute Gasteiger partial charge is 0.483 e. The number of aromatic nitrogens is 2. The van der Waals surface area contributed by atoms with Crippen molar-refractivity contribution in [3.05, 3.63) is 39.7 Å². The Morgan fingerprint density at radius 2 is 2.26 bits per heavy atom. The lowest BCUT2D eigenvalue weighted by Crippen LogP contribution is -2.49. The van der Waals surface area contributed by atoms with Crippen LogP contribution >= 0.6 is 23.1 Å². The number of hydrogen-bond donors (Lipinski definition) is 3. The van der Waals surface area contributed by atoms with Crippen molar-refractivity contribution in [3.63, 3.8) is 0 Å². The number of anilines is 1. The van der Waals surface area contributed by atoms with Crippen LogP contribution in [-0.4, -0.2) is 51.1 Å². The highest BCUT2D eigenvalue weighted by molar-refractivity contribution is 8.13. The monoisotopic (exact) mass is 467 g/mol. The second-order valence-corrected chi connectivity index (χ2v) is 9.05. The molecule has 4 N–H and O–H groups in total. The Bertz CT molecular complexity index is 1000. The predicted octanol–water partition coefficient (Wildman–Crippen LogP) is 2.62. The van der Waals surface area contributed by atoms with Gasteiger partial charge >= 0.3 is 0 Å². The molecule has 0 spiro atoms. The van der Waals surface area contributed by atoms with E-state index in [4.69, 9.17) is 25.4 Å². The van der Waals surface area contributed by atoms with Gasteiger partial charge in [-0.2, -0.15) is 0 Å². The van der Waals surface area contributed by atoms with E-state index < -0.39 is 17.3 Å². The maximum atomic E-state index is 13.2.